The van der Waals surface area contributed by atoms with Crippen LogP contribution in [0.3, 0.4) is 0 Å². The second kappa shape index (κ2) is 12.2. The van der Waals surface area contributed by atoms with Crippen LogP contribution in [0.25, 0.3) is 0 Å². The second-order valence-electron chi connectivity index (χ2n) is 6.35. The van der Waals surface area contributed by atoms with Gasteiger partial charge in [0.25, 0.3) is 0 Å². The van der Waals surface area contributed by atoms with Gasteiger partial charge in [0.1, 0.15) is 18.2 Å². The minimum Gasteiger partial charge on any atom is -0.475 e. The molecule has 2 aromatic heterocycles. The second-order valence-corrected chi connectivity index (χ2v) is 6.76. The first kappa shape index (κ1) is 26.3. The molecule has 0 amide bonds. The summed E-state index contributed by atoms with van der Waals surface area (Å²) in [5, 5.41) is 9.90. The zero-order valence-corrected chi connectivity index (χ0v) is 19.8. The molecule has 0 aromatic carbocycles. The van der Waals surface area contributed by atoms with Crippen LogP contribution in [-0.2, 0) is 12.7 Å². The predicted molar refractivity (Wildman–Crippen MR) is 119 cm³/mol. The molecule has 0 aliphatic carbocycles. The number of nitrogens with one attached hydrogen (secondary N) is 2. The molecule has 0 saturated carbocycles. The van der Waals surface area contributed by atoms with Gasteiger partial charge < -0.3 is 19.9 Å². The van der Waals surface area contributed by atoms with Gasteiger partial charge in [0.05, 0.1) is 17.8 Å². The molecule has 0 saturated heterocycles. The largest absolute Gasteiger partial charge is 0.475 e. The van der Waals surface area contributed by atoms with Crippen molar-refractivity contribution in [1.82, 2.24) is 20.8 Å². The quantitative estimate of drug-likeness (QED) is 0.212. The minimum atomic E-state index is -4.51. The summed E-state index contributed by atoms with van der Waals surface area (Å²) >= 11 is 5.81. The summed E-state index contributed by atoms with van der Waals surface area (Å²) in [6, 6.07) is 2.64. The number of halogens is 5. The Kier molecular flexibility index (Phi) is 10.7. The van der Waals surface area contributed by atoms with E-state index in [0.717, 1.165) is 11.8 Å². The van der Waals surface area contributed by atoms with Crippen molar-refractivity contribution in [2.24, 2.45) is 4.99 Å². The molecule has 2 heterocycles. The summed E-state index contributed by atoms with van der Waals surface area (Å²) in [5.41, 5.74) is -0.0648. The van der Waals surface area contributed by atoms with Crippen molar-refractivity contribution in [1.29, 1.82) is 0 Å². The van der Waals surface area contributed by atoms with Crippen LogP contribution in [0.2, 0.25) is 5.02 Å². The molecule has 0 spiro atoms. The lowest BCUT2D eigenvalue weighted by molar-refractivity contribution is -0.137. The molecule has 30 heavy (non-hydrogen) atoms. The van der Waals surface area contributed by atoms with Crippen molar-refractivity contribution in [3.63, 3.8) is 0 Å². The number of hydrogen-bond acceptors (Lipinski definition) is 5. The minimum absolute atomic E-state index is 0. The molecular formula is C18H24ClF3IN5O2. The van der Waals surface area contributed by atoms with Crippen molar-refractivity contribution < 1.29 is 22.4 Å². The lowest BCUT2D eigenvalue weighted by Crippen LogP contribution is -2.39. The standard InChI is InChI=1S/C18H23ClF3N5O2.HI/c1-4-23-17(26-10-13-8-15(11(2)3)27-29-13)24-5-6-28-16-14(19)7-12(9-25-16)18(20,21)22;/h7-9,11H,4-6,10H2,1-3H3,(H2,23,24,26);1H. The Morgan fingerprint density at radius 2 is 2.03 bits per heavy atom. The highest BCUT2D eigenvalue weighted by Crippen LogP contribution is 2.32. The van der Waals surface area contributed by atoms with Crippen LogP contribution in [0.1, 0.15) is 43.7 Å². The first-order valence-corrected chi connectivity index (χ1v) is 9.41. The first-order chi connectivity index (χ1) is 13.7. The van der Waals surface area contributed by atoms with Crippen molar-refractivity contribution in [2.75, 3.05) is 19.7 Å². The van der Waals surface area contributed by atoms with Gasteiger partial charge in [-0.3, -0.25) is 0 Å². The molecule has 0 unspecified atom stereocenters. The maximum Gasteiger partial charge on any atom is 0.417 e. The monoisotopic (exact) mass is 561 g/mol. The van der Waals surface area contributed by atoms with Crippen LogP contribution in [0.5, 0.6) is 5.88 Å². The van der Waals surface area contributed by atoms with Crippen LogP contribution >= 0.6 is 35.6 Å². The number of aromatic nitrogens is 2. The van der Waals surface area contributed by atoms with E-state index in [9.17, 15) is 13.2 Å². The van der Waals surface area contributed by atoms with E-state index in [2.05, 4.69) is 25.8 Å². The molecular weight excluding hydrogens is 538 g/mol. The lowest BCUT2D eigenvalue weighted by Gasteiger charge is -2.12. The molecule has 0 aliphatic heterocycles. The van der Waals surface area contributed by atoms with E-state index < -0.39 is 11.7 Å². The topological polar surface area (TPSA) is 84.6 Å². The number of hydrogen-bond donors (Lipinski definition) is 2. The summed E-state index contributed by atoms with van der Waals surface area (Å²) in [7, 11) is 0. The van der Waals surface area contributed by atoms with Gasteiger partial charge in [-0.15, -0.1) is 24.0 Å². The molecule has 0 aliphatic rings. The van der Waals surface area contributed by atoms with E-state index in [1.54, 1.807) is 0 Å². The number of guanidine groups is 1. The third-order valence-corrected chi connectivity index (χ3v) is 3.94. The summed E-state index contributed by atoms with van der Waals surface area (Å²) in [6.07, 6.45) is -3.82. The molecule has 0 radical (unpaired) electrons. The van der Waals surface area contributed by atoms with Crippen molar-refractivity contribution in [3.8, 4) is 5.88 Å². The van der Waals surface area contributed by atoms with Gasteiger partial charge in [0.2, 0.25) is 5.88 Å². The van der Waals surface area contributed by atoms with Gasteiger partial charge in [-0.25, -0.2) is 9.98 Å². The van der Waals surface area contributed by atoms with Crippen LogP contribution in [-0.4, -0.2) is 35.8 Å². The Morgan fingerprint density at radius 3 is 2.60 bits per heavy atom. The molecule has 12 heteroatoms. The highest BCUT2D eigenvalue weighted by atomic mass is 127. The van der Waals surface area contributed by atoms with E-state index in [0.29, 0.717) is 37.6 Å². The van der Waals surface area contributed by atoms with Crippen LogP contribution in [0.4, 0.5) is 13.2 Å². The molecule has 2 rings (SSSR count). The zero-order chi connectivity index (χ0) is 21.4. The van der Waals surface area contributed by atoms with Crippen LogP contribution in [0, 0.1) is 0 Å². The smallest absolute Gasteiger partial charge is 0.417 e. The third-order valence-electron chi connectivity index (χ3n) is 3.67. The summed E-state index contributed by atoms with van der Waals surface area (Å²) in [6.45, 7) is 7.38. The first-order valence-electron chi connectivity index (χ1n) is 9.04. The molecule has 0 bridgehead atoms. The van der Waals surface area contributed by atoms with Gasteiger partial charge in [-0.1, -0.05) is 30.6 Å². The van der Waals surface area contributed by atoms with Crippen molar-refractivity contribution in [2.45, 2.75) is 39.4 Å². The highest BCUT2D eigenvalue weighted by Gasteiger charge is 2.31. The number of pyridine rings is 1. The van der Waals surface area contributed by atoms with E-state index in [1.165, 1.54) is 0 Å². The van der Waals surface area contributed by atoms with Crippen LogP contribution in [0.15, 0.2) is 27.8 Å². The maximum atomic E-state index is 12.6. The fourth-order valence-electron chi connectivity index (χ4n) is 2.18. The Labute approximate surface area is 194 Å². The average Bonchev–Trinajstić information content (AvgIpc) is 3.12. The van der Waals surface area contributed by atoms with Gasteiger partial charge in [0.15, 0.2) is 11.7 Å². The summed E-state index contributed by atoms with van der Waals surface area (Å²) < 4.78 is 48.5. The third kappa shape index (κ3) is 8.17. The van der Waals surface area contributed by atoms with Gasteiger partial charge >= 0.3 is 6.18 Å². The number of alkyl halides is 3. The Balaban J connectivity index is 0.00000450. The molecule has 7 nitrogen and oxygen atoms in total. The fraction of sp³-hybridized carbons (Fsp3) is 0.500. The van der Waals surface area contributed by atoms with Gasteiger partial charge in [-0.05, 0) is 18.9 Å². The molecule has 2 aromatic rings. The Hall–Kier alpha value is -1.76. The number of aliphatic imine (C=N–C) groups is 1. The van der Waals surface area contributed by atoms with Crippen molar-refractivity contribution >= 4 is 41.5 Å². The van der Waals surface area contributed by atoms with E-state index in [1.807, 2.05) is 26.8 Å². The predicted octanol–water partition coefficient (Wildman–Crippen LogP) is 4.62. The van der Waals surface area contributed by atoms with E-state index >= 15 is 0 Å². The molecule has 0 fully saturated rings. The zero-order valence-electron chi connectivity index (χ0n) is 16.7. The normalized spacial score (nSPS) is 11.9. The SMILES string of the molecule is CCNC(=NCc1cc(C(C)C)no1)NCCOc1ncc(C(F)(F)F)cc1Cl.I. The maximum absolute atomic E-state index is 12.6. The van der Waals surface area contributed by atoms with Crippen molar-refractivity contribution in [3.05, 3.63) is 40.4 Å². The Morgan fingerprint density at radius 1 is 1.30 bits per heavy atom. The highest BCUT2D eigenvalue weighted by molar-refractivity contribution is 14.0. The lowest BCUT2D eigenvalue weighted by atomic mass is 10.1. The molecule has 0 atom stereocenters. The Bertz CT molecular complexity index is 830. The number of ether oxygens (including phenoxy) is 1. The van der Waals surface area contributed by atoms with Gasteiger partial charge in [-0.2, -0.15) is 13.2 Å². The summed E-state index contributed by atoms with van der Waals surface area (Å²) in [5.74, 6) is 1.38. The average molecular weight is 562 g/mol. The summed E-state index contributed by atoms with van der Waals surface area (Å²) in [4.78, 5) is 8.02. The van der Waals surface area contributed by atoms with Gasteiger partial charge in [0, 0.05) is 18.8 Å². The number of nitrogens with zero attached hydrogens (tertiary/aromatic N) is 3. The molecule has 2 N–H and O–H groups in total. The number of rotatable bonds is 8. The van der Waals surface area contributed by atoms with E-state index in [-0.39, 0.29) is 47.4 Å². The molecule has 168 valence electrons. The van der Waals surface area contributed by atoms with E-state index in [4.69, 9.17) is 20.9 Å². The fourth-order valence-corrected chi connectivity index (χ4v) is 2.40. The van der Waals surface area contributed by atoms with Crippen LogP contribution < -0.4 is 15.4 Å².